The van der Waals surface area contributed by atoms with Crippen LogP contribution in [0.2, 0.25) is 5.02 Å². The number of rotatable bonds is 8. The summed E-state index contributed by atoms with van der Waals surface area (Å²) in [4.78, 5) is 20.1. The van der Waals surface area contributed by atoms with E-state index in [-0.39, 0.29) is 29.2 Å². The van der Waals surface area contributed by atoms with E-state index in [0.717, 1.165) is 47.8 Å². The van der Waals surface area contributed by atoms with Crippen LogP contribution < -0.4 is 9.62 Å². The van der Waals surface area contributed by atoms with Crippen molar-refractivity contribution < 1.29 is 17.6 Å². The molecule has 0 unspecified atom stereocenters. The summed E-state index contributed by atoms with van der Waals surface area (Å²) in [5.74, 6) is 0.0743. The number of sulfonamides is 1. The van der Waals surface area contributed by atoms with E-state index in [4.69, 9.17) is 11.6 Å². The molecular formula is C31H30ClFN4O3S. The van der Waals surface area contributed by atoms with Gasteiger partial charge >= 0.3 is 0 Å². The lowest BCUT2D eigenvalue weighted by molar-refractivity contribution is -0.120. The highest BCUT2D eigenvalue weighted by molar-refractivity contribution is 7.89. The van der Waals surface area contributed by atoms with Crippen LogP contribution in [0.3, 0.4) is 0 Å². The molecule has 1 fully saturated rings. The maximum atomic E-state index is 14.0. The number of aryl methyl sites for hydroxylation is 2. The van der Waals surface area contributed by atoms with Gasteiger partial charge in [-0.2, -0.15) is 0 Å². The predicted molar refractivity (Wildman–Crippen MR) is 156 cm³/mol. The lowest BCUT2D eigenvalue weighted by Crippen LogP contribution is -2.34. The SMILES string of the molecule is Cn1ccnc1CN(C(=O)[C@H]1C[C@@H]1c1ccc(Cl)cc1)c1ccc2c(c1)[C@@H](NS(=O)(=O)c1cccc(F)c1)CCC2. The Hall–Kier alpha value is -3.53. The van der Waals surface area contributed by atoms with Crippen molar-refractivity contribution in [1.82, 2.24) is 14.3 Å². The van der Waals surface area contributed by atoms with Crippen LogP contribution in [-0.2, 0) is 34.8 Å². The predicted octanol–water partition coefficient (Wildman–Crippen LogP) is 5.91. The highest BCUT2D eigenvalue weighted by Gasteiger charge is 2.46. The van der Waals surface area contributed by atoms with E-state index in [1.807, 2.05) is 60.3 Å². The minimum absolute atomic E-state index is 0.000556. The van der Waals surface area contributed by atoms with Crippen molar-refractivity contribution in [3.63, 3.8) is 0 Å². The molecule has 2 aliphatic rings. The first kappa shape index (κ1) is 27.6. The number of anilines is 1. The highest BCUT2D eigenvalue weighted by Crippen LogP contribution is 2.49. The average molecular weight is 593 g/mol. The number of imidazole rings is 1. The molecule has 41 heavy (non-hydrogen) atoms. The number of nitrogens with zero attached hydrogens (tertiary/aromatic N) is 3. The monoisotopic (exact) mass is 592 g/mol. The number of carbonyl (C=O) groups excluding carboxylic acids is 1. The third kappa shape index (κ3) is 5.80. The molecule has 212 valence electrons. The van der Waals surface area contributed by atoms with Gasteiger partial charge in [-0.15, -0.1) is 0 Å². The molecule has 3 aromatic carbocycles. The fraction of sp³-hybridized carbons (Fsp3) is 0.290. The lowest BCUT2D eigenvalue weighted by Gasteiger charge is -2.29. The molecule has 0 saturated heterocycles. The van der Waals surface area contributed by atoms with E-state index in [0.29, 0.717) is 17.1 Å². The van der Waals surface area contributed by atoms with Crippen LogP contribution >= 0.6 is 11.6 Å². The standard InChI is InChI=1S/C31H30ClFN4O3S/c1-36-15-14-34-30(36)19-37(31(38)28-18-26(28)21-8-11-22(32)12-9-21)24-13-10-20-4-2-7-29(27(20)17-24)35-41(39,40)25-6-3-5-23(33)16-25/h3,5-6,8-17,26,28-29,35H,2,4,7,18-19H2,1H3/t26-,28+,29+/m1/s1. The number of halogens is 2. The highest BCUT2D eigenvalue weighted by atomic mass is 35.5. The molecule has 1 aromatic heterocycles. The first-order valence-corrected chi connectivity index (χ1v) is 15.5. The van der Waals surface area contributed by atoms with Gasteiger partial charge in [0, 0.05) is 42.1 Å². The van der Waals surface area contributed by atoms with Gasteiger partial charge in [0.25, 0.3) is 0 Å². The minimum atomic E-state index is -3.96. The molecule has 7 nitrogen and oxygen atoms in total. The average Bonchev–Trinajstić information content (AvgIpc) is 3.66. The summed E-state index contributed by atoms with van der Waals surface area (Å²) in [7, 11) is -2.07. The number of carbonyl (C=O) groups is 1. The Labute approximate surface area is 244 Å². The van der Waals surface area contributed by atoms with Crippen molar-refractivity contribution in [2.45, 2.75) is 49.1 Å². The molecule has 0 bridgehead atoms. The first-order valence-electron chi connectivity index (χ1n) is 13.6. The molecule has 1 N–H and O–H groups in total. The quantitative estimate of drug-likeness (QED) is 0.276. The van der Waals surface area contributed by atoms with E-state index in [1.165, 1.54) is 18.2 Å². The smallest absolute Gasteiger partial charge is 0.241 e. The number of benzene rings is 3. The number of nitrogens with one attached hydrogen (secondary N) is 1. The second-order valence-electron chi connectivity index (χ2n) is 10.8. The van der Waals surface area contributed by atoms with Crippen LogP contribution in [0.15, 0.2) is 84.0 Å². The summed E-state index contributed by atoms with van der Waals surface area (Å²) in [6, 6.07) is 18.0. The fourth-order valence-corrected chi connectivity index (χ4v) is 7.11. The summed E-state index contributed by atoms with van der Waals surface area (Å²) in [5.41, 5.74) is 3.63. The molecular weight excluding hydrogens is 563 g/mol. The number of hydrogen-bond donors (Lipinski definition) is 1. The number of aromatic nitrogens is 2. The van der Waals surface area contributed by atoms with E-state index in [2.05, 4.69) is 9.71 Å². The molecule has 0 aliphatic heterocycles. The van der Waals surface area contributed by atoms with Gasteiger partial charge in [-0.1, -0.05) is 35.9 Å². The molecule has 0 radical (unpaired) electrons. The van der Waals surface area contributed by atoms with Crippen molar-refractivity contribution in [3.8, 4) is 0 Å². The molecule has 6 rings (SSSR count). The zero-order chi connectivity index (χ0) is 28.7. The summed E-state index contributed by atoms with van der Waals surface area (Å²) >= 11 is 6.07. The van der Waals surface area contributed by atoms with E-state index < -0.39 is 21.9 Å². The largest absolute Gasteiger partial charge is 0.337 e. The Morgan fingerprint density at radius 3 is 2.68 bits per heavy atom. The molecule has 1 heterocycles. The van der Waals surface area contributed by atoms with Crippen LogP contribution in [-0.4, -0.2) is 23.9 Å². The zero-order valence-electron chi connectivity index (χ0n) is 22.5. The Balaban J connectivity index is 1.31. The second-order valence-corrected chi connectivity index (χ2v) is 12.9. The van der Waals surface area contributed by atoms with Gasteiger partial charge in [-0.05, 0) is 90.8 Å². The van der Waals surface area contributed by atoms with Crippen molar-refractivity contribution in [2.75, 3.05) is 4.90 Å². The van der Waals surface area contributed by atoms with Crippen molar-refractivity contribution in [3.05, 3.63) is 112 Å². The third-order valence-electron chi connectivity index (χ3n) is 8.05. The van der Waals surface area contributed by atoms with Crippen LogP contribution in [0, 0.1) is 11.7 Å². The van der Waals surface area contributed by atoms with Gasteiger partial charge in [0.1, 0.15) is 11.6 Å². The van der Waals surface area contributed by atoms with Crippen LogP contribution in [0.25, 0.3) is 0 Å². The van der Waals surface area contributed by atoms with E-state index >= 15 is 0 Å². The maximum absolute atomic E-state index is 14.0. The van der Waals surface area contributed by atoms with Crippen LogP contribution in [0.5, 0.6) is 0 Å². The topological polar surface area (TPSA) is 84.3 Å². The van der Waals surface area contributed by atoms with Gasteiger partial charge in [0.15, 0.2) is 0 Å². The van der Waals surface area contributed by atoms with Crippen molar-refractivity contribution in [1.29, 1.82) is 0 Å². The Morgan fingerprint density at radius 1 is 1.15 bits per heavy atom. The first-order chi connectivity index (χ1) is 19.7. The van der Waals surface area contributed by atoms with Gasteiger partial charge in [0.2, 0.25) is 15.9 Å². The van der Waals surface area contributed by atoms with Gasteiger partial charge < -0.3 is 9.47 Å². The maximum Gasteiger partial charge on any atom is 0.241 e. The summed E-state index contributed by atoms with van der Waals surface area (Å²) in [6.07, 6.45) is 6.51. The van der Waals surface area contributed by atoms with E-state index in [1.54, 1.807) is 11.1 Å². The van der Waals surface area contributed by atoms with E-state index in [9.17, 15) is 17.6 Å². The summed E-state index contributed by atoms with van der Waals surface area (Å²) in [6.45, 7) is 0.282. The number of amides is 1. The zero-order valence-corrected chi connectivity index (χ0v) is 24.1. The molecule has 0 spiro atoms. The molecule has 2 aliphatic carbocycles. The van der Waals surface area contributed by atoms with Crippen LogP contribution in [0.1, 0.15) is 53.7 Å². The molecule has 1 amide bonds. The second kappa shape index (κ2) is 11.0. The van der Waals surface area contributed by atoms with Gasteiger partial charge in [-0.25, -0.2) is 22.5 Å². The Bertz CT molecular complexity index is 1710. The number of hydrogen-bond acceptors (Lipinski definition) is 4. The molecule has 4 aromatic rings. The fourth-order valence-electron chi connectivity index (χ4n) is 5.70. The Kier molecular flexibility index (Phi) is 7.44. The number of fused-ring (bicyclic) bond motifs is 1. The van der Waals surface area contributed by atoms with Gasteiger partial charge in [-0.3, -0.25) is 4.79 Å². The van der Waals surface area contributed by atoms with Crippen molar-refractivity contribution >= 4 is 33.2 Å². The minimum Gasteiger partial charge on any atom is -0.337 e. The molecule has 3 atom stereocenters. The summed E-state index contributed by atoms with van der Waals surface area (Å²) < 4.78 is 44.8. The molecule has 10 heteroatoms. The lowest BCUT2D eigenvalue weighted by atomic mass is 9.87. The third-order valence-corrected chi connectivity index (χ3v) is 9.77. The Morgan fingerprint density at radius 2 is 1.95 bits per heavy atom. The van der Waals surface area contributed by atoms with Gasteiger partial charge in [0.05, 0.1) is 11.4 Å². The molecule has 1 saturated carbocycles. The van der Waals surface area contributed by atoms with Crippen LogP contribution in [0.4, 0.5) is 10.1 Å². The normalized spacial score (nSPS) is 19.9. The van der Waals surface area contributed by atoms with Crippen molar-refractivity contribution in [2.24, 2.45) is 13.0 Å². The summed E-state index contributed by atoms with van der Waals surface area (Å²) in [5, 5.41) is 0.658.